The fourth-order valence-corrected chi connectivity index (χ4v) is 4.16. The van der Waals surface area contributed by atoms with Gasteiger partial charge in [-0.15, -0.1) is 23.1 Å². The normalized spacial score (nSPS) is 17.0. The van der Waals surface area contributed by atoms with E-state index in [2.05, 4.69) is 5.32 Å². The number of hydrogen-bond acceptors (Lipinski definition) is 4. The van der Waals surface area contributed by atoms with E-state index in [1.165, 1.54) is 0 Å². The van der Waals surface area contributed by atoms with E-state index in [1.807, 2.05) is 48.0 Å². The van der Waals surface area contributed by atoms with Crippen LogP contribution in [0.1, 0.15) is 28.1 Å². The van der Waals surface area contributed by atoms with E-state index in [9.17, 15) is 9.90 Å². The second-order valence-electron chi connectivity index (χ2n) is 5.56. The molecule has 0 saturated heterocycles. The lowest BCUT2D eigenvalue weighted by Crippen LogP contribution is -2.42. The molecule has 1 amide bonds. The minimum absolute atomic E-state index is 0.124. The van der Waals surface area contributed by atoms with Crippen LogP contribution in [-0.4, -0.2) is 23.8 Å². The highest BCUT2D eigenvalue weighted by Crippen LogP contribution is 2.46. The fourth-order valence-electron chi connectivity index (χ4n) is 2.66. The first-order chi connectivity index (χ1) is 10.6. The number of thiophene rings is 1. The minimum Gasteiger partial charge on any atom is -0.382 e. The highest BCUT2D eigenvalue weighted by Gasteiger charge is 2.46. The number of amides is 1. The molecule has 3 nitrogen and oxygen atoms in total. The maximum Gasteiger partial charge on any atom is 0.252 e. The number of thioether (sulfide) groups is 1. The molecule has 0 radical (unpaired) electrons. The van der Waals surface area contributed by atoms with Crippen molar-refractivity contribution in [1.29, 1.82) is 0 Å². The van der Waals surface area contributed by atoms with Gasteiger partial charge in [0.25, 0.3) is 5.91 Å². The topological polar surface area (TPSA) is 49.3 Å². The minimum atomic E-state index is -0.932. The summed E-state index contributed by atoms with van der Waals surface area (Å²) < 4.78 is 0. The average Bonchev–Trinajstić information content (AvgIpc) is 3.27. The Kier molecular flexibility index (Phi) is 4.57. The Labute approximate surface area is 138 Å². The van der Waals surface area contributed by atoms with Crippen LogP contribution < -0.4 is 5.32 Å². The summed E-state index contributed by atoms with van der Waals surface area (Å²) >= 11 is 3.10. The van der Waals surface area contributed by atoms with E-state index >= 15 is 0 Å². The highest BCUT2D eigenvalue weighted by molar-refractivity contribution is 7.98. The van der Waals surface area contributed by atoms with Crippen molar-refractivity contribution in [3.8, 4) is 0 Å². The summed E-state index contributed by atoms with van der Waals surface area (Å²) in [7, 11) is 0. The van der Waals surface area contributed by atoms with Gasteiger partial charge >= 0.3 is 0 Å². The van der Waals surface area contributed by atoms with E-state index in [0.717, 1.165) is 22.6 Å². The summed E-state index contributed by atoms with van der Waals surface area (Å²) in [5, 5.41) is 15.9. The Morgan fingerprint density at radius 3 is 2.77 bits per heavy atom. The predicted molar refractivity (Wildman–Crippen MR) is 91.5 cm³/mol. The molecule has 0 spiro atoms. The number of carbonyl (C=O) groups excluding carboxylic acids is 1. The maximum atomic E-state index is 12.5. The Bertz CT molecular complexity index is 652. The lowest BCUT2D eigenvalue weighted by molar-refractivity contribution is 0.0169. The predicted octanol–water partition coefficient (Wildman–Crippen LogP) is 3.50. The largest absolute Gasteiger partial charge is 0.382 e. The van der Waals surface area contributed by atoms with Crippen LogP contribution >= 0.6 is 23.1 Å². The van der Waals surface area contributed by atoms with E-state index in [1.54, 1.807) is 23.1 Å². The van der Waals surface area contributed by atoms with Gasteiger partial charge in [-0.1, -0.05) is 18.2 Å². The molecular weight excluding hydrogens is 314 g/mol. The van der Waals surface area contributed by atoms with E-state index in [-0.39, 0.29) is 18.4 Å². The number of rotatable bonds is 6. The van der Waals surface area contributed by atoms with Gasteiger partial charge in [-0.25, -0.2) is 0 Å². The Morgan fingerprint density at radius 2 is 2.14 bits per heavy atom. The standard InChI is InChI=1S/C17H19NO2S2/c1-21-14-6-3-2-5-13(14)16(19)18-11-17(20,12-8-9-12)15-7-4-10-22-15/h2-7,10,12,20H,8-9,11H2,1H3,(H,18,19)/t17-/m1/s1. The number of carbonyl (C=O) groups is 1. The third-order valence-corrected chi connectivity index (χ3v) is 5.90. The molecule has 5 heteroatoms. The molecule has 1 aromatic carbocycles. The first-order valence-corrected chi connectivity index (χ1v) is 9.43. The van der Waals surface area contributed by atoms with Gasteiger partial charge in [0.1, 0.15) is 5.60 Å². The number of nitrogens with one attached hydrogen (secondary N) is 1. The molecule has 1 heterocycles. The fraction of sp³-hybridized carbons (Fsp3) is 0.353. The monoisotopic (exact) mass is 333 g/mol. The molecule has 0 bridgehead atoms. The third kappa shape index (κ3) is 3.07. The molecule has 1 aliphatic carbocycles. The average molecular weight is 333 g/mol. The van der Waals surface area contributed by atoms with Gasteiger partial charge in [0.05, 0.1) is 12.1 Å². The van der Waals surface area contributed by atoms with Crippen molar-refractivity contribution in [3.63, 3.8) is 0 Å². The second kappa shape index (κ2) is 6.44. The first kappa shape index (κ1) is 15.6. The van der Waals surface area contributed by atoms with Crippen LogP contribution in [0.25, 0.3) is 0 Å². The molecule has 2 N–H and O–H groups in total. The van der Waals surface area contributed by atoms with Crippen LogP contribution in [-0.2, 0) is 5.60 Å². The van der Waals surface area contributed by atoms with E-state index < -0.39 is 5.60 Å². The van der Waals surface area contributed by atoms with Crippen molar-refractivity contribution in [2.75, 3.05) is 12.8 Å². The Morgan fingerprint density at radius 1 is 1.36 bits per heavy atom. The van der Waals surface area contributed by atoms with Gasteiger partial charge < -0.3 is 10.4 Å². The molecule has 1 atom stereocenters. The summed E-state index contributed by atoms with van der Waals surface area (Å²) in [6, 6.07) is 11.4. The summed E-state index contributed by atoms with van der Waals surface area (Å²) in [4.78, 5) is 14.3. The number of hydrogen-bond donors (Lipinski definition) is 2. The van der Waals surface area contributed by atoms with Crippen LogP contribution in [0.3, 0.4) is 0 Å². The lowest BCUT2D eigenvalue weighted by Gasteiger charge is -2.27. The Hall–Kier alpha value is -1.30. The quantitative estimate of drug-likeness (QED) is 0.796. The van der Waals surface area contributed by atoms with Crippen molar-refractivity contribution < 1.29 is 9.90 Å². The van der Waals surface area contributed by atoms with Crippen LogP contribution in [0, 0.1) is 5.92 Å². The number of benzene rings is 1. The van der Waals surface area contributed by atoms with Crippen molar-refractivity contribution >= 4 is 29.0 Å². The van der Waals surface area contributed by atoms with Gasteiger partial charge in [-0.2, -0.15) is 0 Å². The molecule has 2 aromatic rings. The van der Waals surface area contributed by atoms with Crippen molar-refractivity contribution in [2.24, 2.45) is 5.92 Å². The molecule has 22 heavy (non-hydrogen) atoms. The third-order valence-electron chi connectivity index (χ3n) is 4.07. The van der Waals surface area contributed by atoms with Gasteiger partial charge in [0.15, 0.2) is 0 Å². The summed E-state index contributed by atoms with van der Waals surface area (Å²) in [6.45, 7) is 0.264. The van der Waals surface area contributed by atoms with Crippen LogP contribution in [0.2, 0.25) is 0 Å². The zero-order chi connectivity index (χ0) is 15.6. The van der Waals surface area contributed by atoms with Gasteiger partial charge in [-0.3, -0.25) is 4.79 Å². The molecule has 0 aliphatic heterocycles. The lowest BCUT2D eigenvalue weighted by atomic mass is 9.95. The highest BCUT2D eigenvalue weighted by atomic mass is 32.2. The van der Waals surface area contributed by atoms with Crippen LogP contribution in [0.4, 0.5) is 0 Å². The van der Waals surface area contributed by atoms with Crippen molar-refractivity contribution in [3.05, 3.63) is 52.2 Å². The molecule has 0 unspecified atom stereocenters. The zero-order valence-corrected chi connectivity index (χ0v) is 14.0. The molecule has 1 fully saturated rings. The van der Waals surface area contributed by atoms with E-state index in [0.29, 0.717) is 5.56 Å². The number of aliphatic hydroxyl groups is 1. The first-order valence-electron chi connectivity index (χ1n) is 7.32. The molecular formula is C17H19NO2S2. The summed E-state index contributed by atoms with van der Waals surface area (Å²) in [5.41, 5.74) is -0.266. The molecule has 1 saturated carbocycles. The Balaban J connectivity index is 1.74. The smallest absolute Gasteiger partial charge is 0.252 e. The SMILES string of the molecule is CSc1ccccc1C(=O)NC[C@](O)(c1cccs1)C1CC1. The summed E-state index contributed by atoms with van der Waals surface area (Å²) in [5.74, 6) is 0.128. The van der Waals surface area contributed by atoms with Gasteiger partial charge in [-0.05, 0) is 48.6 Å². The van der Waals surface area contributed by atoms with Crippen LogP contribution in [0.15, 0.2) is 46.7 Å². The summed E-state index contributed by atoms with van der Waals surface area (Å²) in [6.07, 6.45) is 4.00. The van der Waals surface area contributed by atoms with Crippen molar-refractivity contribution in [1.82, 2.24) is 5.32 Å². The van der Waals surface area contributed by atoms with Gasteiger partial charge in [0.2, 0.25) is 0 Å². The molecule has 1 aliphatic rings. The van der Waals surface area contributed by atoms with Crippen molar-refractivity contribution in [2.45, 2.75) is 23.3 Å². The van der Waals surface area contributed by atoms with E-state index in [4.69, 9.17) is 0 Å². The molecule has 1 aromatic heterocycles. The molecule has 3 rings (SSSR count). The maximum absolute atomic E-state index is 12.5. The molecule has 116 valence electrons. The zero-order valence-electron chi connectivity index (χ0n) is 12.4. The van der Waals surface area contributed by atoms with Crippen LogP contribution in [0.5, 0.6) is 0 Å². The second-order valence-corrected chi connectivity index (χ2v) is 7.35. The van der Waals surface area contributed by atoms with Gasteiger partial charge in [0, 0.05) is 9.77 Å².